The Kier molecular flexibility index (Phi) is 6.38. The van der Waals surface area contributed by atoms with Gasteiger partial charge in [-0.3, -0.25) is 9.59 Å². The van der Waals surface area contributed by atoms with Crippen LogP contribution in [0.5, 0.6) is 5.75 Å². The Morgan fingerprint density at radius 3 is 2.54 bits per heavy atom. The highest BCUT2D eigenvalue weighted by Crippen LogP contribution is 2.40. The first-order valence-corrected chi connectivity index (χ1v) is 9.68. The SMILES string of the molecule is CCOC(=O)N1CCC(NC(=O)C2CC2C(=O)Nc2cccc(OC)c2)CC1. The normalized spacial score (nSPS) is 21.6. The monoisotopic (exact) mass is 389 g/mol. The van der Waals surface area contributed by atoms with Gasteiger partial charge in [0.1, 0.15) is 5.75 Å². The van der Waals surface area contributed by atoms with Crippen LogP contribution in [0.25, 0.3) is 0 Å². The molecule has 28 heavy (non-hydrogen) atoms. The average Bonchev–Trinajstić information content (AvgIpc) is 3.50. The Hall–Kier alpha value is -2.77. The van der Waals surface area contributed by atoms with E-state index in [1.165, 1.54) is 0 Å². The molecule has 1 saturated carbocycles. The third kappa shape index (κ3) is 4.94. The van der Waals surface area contributed by atoms with Crippen molar-refractivity contribution in [2.24, 2.45) is 11.8 Å². The molecule has 1 heterocycles. The number of anilines is 1. The Labute approximate surface area is 164 Å². The van der Waals surface area contributed by atoms with Crippen LogP contribution in [0.2, 0.25) is 0 Å². The topological polar surface area (TPSA) is 97.0 Å². The van der Waals surface area contributed by atoms with Crippen molar-refractivity contribution in [2.75, 3.05) is 32.1 Å². The van der Waals surface area contributed by atoms with E-state index >= 15 is 0 Å². The predicted octanol–water partition coefficient (Wildman–Crippen LogP) is 2.01. The summed E-state index contributed by atoms with van der Waals surface area (Å²) in [6.07, 6.45) is 1.64. The van der Waals surface area contributed by atoms with Crippen LogP contribution in [0.4, 0.5) is 10.5 Å². The summed E-state index contributed by atoms with van der Waals surface area (Å²) in [7, 11) is 1.57. The molecular weight excluding hydrogens is 362 g/mol. The van der Waals surface area contributed by atoms with E-state index < -0.39 is 0 Å². The highest BCUT2D eigenvalue weighted by molar-refractivity contribution is 5.99. The highest BCUT2D eigenvalue weighted by atomic mass is 16.6. The highest BCUT2D eigenvalue weighted by Gasteiger charge is 2.48. The maximum Gasteiger partial charge on any atom is 0.409 e. The third-order valence-electron chi connectivity index (χ3n) is 5.17. The van der Waals surface area contributed by atoms with Crippen LogP contribution < -0.4 is 15.4 Å². The molecule has 0 bridgehead atoms. The summed E-state index contributed by atoms with van der Waals surface area (Å²) in [4.78, 5) is 38.2. The molecule has 2 unspecified atom stereocenters. The van der Waals surface area contributed by atoms with Crippen molar-refractivity contribution in [3.63, 3.8) is 0 Å². The maximum absolute atomic E-state index is 12.4. The van der Waals surface area contributed by atoms with Gasteiger partial charge in [-0.25, -0.2) is 4.79 Å². The number of ether oxygens (including phenoxy) is 2. The van der Waals surface area contributed by atoms with Gasteiger partial charge < -0.3 is 25.0 Å². The molecule has 2 fully saturated rings. The summed E-state index contributed by atoms with van der Waals surface area (Å²) >= 11 is 0. The lowest BCUT2D eigenvalue weighted by atomic mass is 10.1. The molecule has 0 aromatic heterocycles. The van der Waals surface area contributed by atoms with Crippen LogP contribution >= 0.6 is 0 Å². The minimum Gasteiger partial charge on any atom is -0.497 e. The van der Waals surface area contributed by atoms with Crippen LogP contribution in [-0.4, -0.2) is 55.7 Å². The van der Waals surface area contributed by atoms with Crippen molar-refractivity contribution in [2.45, 2.75) is 32.2 Å². The molecule has 1 saturated heterocycles. The van der Waals surface area contributed by atoms with Crippen molar-refractivity contribution >= 4 is 23.6 Å². The number of nitrogens with one attached hydrogen (secondary N) is 2. The quantitative estimate of drug-likeness (QED) is 0.776. The van der Waals surface area contributed by atoms with E-state index in [1.807, 2.05) is 0 Å². The lowest BCUT2D eigenvalue weighted by molar-refractivity contribution is -0.126. The Bertz CT molecular complexity index is 730. The van der Waals surface area contributed by atoms with Gasteiger partial charge in [-0.2, -0.15) is 0 Å². The van der Waals surface area contributed by atoms with Crippen LogP contribution in [0.1, 0.15) is 26.2 Å². The number of hydrogen-bond acceptors (Lipinski definition) is 5. The first-order chi connectivity index (χ1) is 13.5. The van der Waals surface area contributed by atoms with Crippen molar-refractivity contribution in [1.82, 2.24) is 10.2 Å². The van der Waals surface area contributed by atoms with E-state index in [0.29, 0.717) is 50.4 Å². The second-order valence-corrected chi connectivity index (χ2v) is 7.14. The largest absolute Gasteiger partial charge is 0.497 e. The van der Waals surface area contributed by atoms with E-state index in [4.69, 9.17) is 9.47 Å². The van der Waals surface area contributed by atoms with Crippen LogP contribution in [-0.2, 0) is 14.3 Å². The van der Waals surface area contributed by atoms with Gasteiger partial charge in [-0.05, 0) is 38.3 Å². The zero-order valence-electron chi connectivity index (χ0n) is 16.3. The van der Waals surface area contributed by atoms with Crippen molar-refractivity contribution in [1.29, 1.82) is 0 Å². The predicted molar refractivity (Wildman–Crippen MR) is 103 cm³/mol. The molecule has 2 N–H and O–H groups in total. The van der Waals surface area contributed by atoms with E-state index in [-0.39, 0.29) is 35.8 Å². The van der Waals surface area contributed by atoms with E-state index in [1.54, 1.807) is 43.2 Å². The maximum atomic E-state index is 12.4. The number of methoxy groups -OCH3 is 1. The van der Waals surface area contributed by atoms with Crippen molar-refractivity contribution < 1.29 is 23.9 Å². The summed E-state index contributed by atoms with van der Waals surface area (Å²) in [5, 5.41) is 5.86. The second kappa shape index (κ2) is 8.95. The third-order valence-corrected chi connectivity index (χ3v) is 5.17. The van der Waals surface area contributed by atoms with Gasteiger partial charge in [0, 0.05) is 30.9 Å². The Balaban J connectivity index is 1.42. The lowest BCUT2D eigenvalue weighted by Gasteiger charge is -2.31. The molecule has 1 aromatic rings. The van der Waals surface area contributed by atoms with Gasteiger partial charge in [-0.15, -0.1) is 0 Å². The Morgan fingerprint density at radius 2 is 1.86 bits per heavy atom. The molecular formula is C20H27N3O5. The molecule has 2 aliphatic rings. The lowest BCUT2D eigenvalue weighted by Crippen LogP contribution is -2.47. The zero-order chi connectivity index (χ0) is 20.1. The summed E-state index contributed by atoms with van der Waals surface area (Å²) in [6.45, 7) is 3.26. The smallest absolute Gasteiger partial charge is 0.409 e. The molecule has 3 rings (SSSR count). The fourth-order valence-corrected chi connectivity index (χ4v) is 3.44. The molecule has 1 aromatic carbocycles. The first-order valence-electron chi connectivity index (χ1n) is 9.68. The molecule has 0 spiro atoms. The first kappa shape index (κ1) is 20.0. The number of nitrogens with zero attached hydrogens (tertiary/aromatic N) is 1. The molecule has 1 aliphatic carbocycles. The van der Waals surface area contributed by atoms with Crippen LogP contribution in [0.15, 0.2) is 24.3 Å². The second-order valence-electron chi connectivity index (χ2n) is 7.14. The summed E-state index contributed by atoms with van der Waals surface area (Å²) in [6, 6.07) is 7.16. The van der Waals surface area contributed by atoms with Gasteiger partial charge in [0.15, 0.2) is 0 Å². The number of piperidine rings is 1. The molecule has 8 nitrogen and oxygen atoms in total. The molecule has 0 radical (unpaired) electrons. The summed E-state index contributed by atoms with van der Waals surface area (Å²) in [5.41, 5.74) is 0.654. The number of hydrogen-bond donors (Lipinski definition) is 2. The number of rotatable bonds is 6. The van der Waals surface area contributed by atoms with Crippen LogP contribution in [0, 0.1) is 11.8 Å². The zero-order valence-corrected chi connectivity index (χ0v) is 16.3. The van der Waals surface area contributed by atoms with Gasteiger partial charge in [-0.1, -0.05) is 6.07 Å². The van der Waals surface area contributed by atoms with E-state index in [0.717, 1.165) is 0 Å². The van der Waals surface area contributed by atoms with Gasteiger partial charge in [0.25, 0.3) is 0 Å². The average molecular weight is 389 g/mol. The summed E-state index contributed by atoms with van der Waals surface area (Å²) < 4.78 is 10.1. The number of benzene rings is 1. The number of amides is 3. The fourth-order valence-electron chi connectivity index (χ4n) is 3.44. The number of likely N-dealkylation sites (tertiary alicyclic amines) is 1. The minimum absolute atomic E-state index is 0.0286. The molecule has 1 aliphatic heterocycles. The minimum atomic E-state index is -0.302. The number of carbonyl (C=O) groups is 3. The van der Waals surface area contributed by atoms with E-state index in [9.17, 15) is 14.4 Å². The summed E-state index contributed by atoms with van der Waals surface area (Å²) in [5.74, 6) is -0.150. The van der Waals surface area contributed by atoms with Gasteiger partial charge >= 0.3 is 6.09 Å². The van der Waals surface area contributed by atoms with Crippen LogP contribution in [0.3, 0.4) is 0 Å². The molecule has 8 heteroatoms. The van der Waals surface area contributed by atoms with Crippen molar-refractivity contribution in [3.05, 3.63) is 24.3 Å². The van der Waals surface area contributed by atoms with E-state index in [2.05, 4.69) is 10.6 Å². The van der Waals surface area contributed by atoms with Gasteiger partial charge in [0.2, 0.25) is 11.8 Å². The van der Waals surface area contributed by atoms with Gasteiger partial charge in [0.05, 0.1) is 25.6 Å². The van der Waals surface area contributed by atoms with Crippen molar-refractivity contribution in [3.8, 4) is 5.75 Å². The fraction of sp³-hybridized carbons (Fsp3) is 0.550. The molecule has 152 valence electrons. The Morgan fingerprint density at radius 1 is 1.14 bits per heavy atom. The molecule has 2 atom stereocenters. The standard InChI is InChI=1S/C20H27N3O5/c1-3-28-20(26)23-9-7-13(8-10-23)21-18(24)16-12-17(16)19(25)22-14-5-4-6-15(11-14)27-2/h4-6,11,13,16-17H,3,7-10,12H2,1-2H3,(H,21,24)(H,22,25). The number of carbonyl (C=O) groups excluding carboxylic acids is 3. The molecule has 3 amide bonds.